The Kier molecular flexibility index (Phi) is 4.94. The van der Waals surface area contributed by atoms with Crippen LogP contribution in [-0.4, -0.2) is 30.4 Å². The summed E-state index contributed by atoms with van der Waals surface area (Å²) in [7, 11) is 3.08. The van der Waals surface area contributed by atoms with Gasteiger partial charge in [-0.1, -0.05) is 5.16 Å². The molecule has 0 aliphatic heterocycles. The van der Waals surface area contributed by atoms with Gasteiger partial charge in [-0.15, -0.1) is 11.3 Å². The fourth-order valence-corrected chi connectivity index (χ4v) is 3.56. The van der Waals surface area contributed by atoms with Gasteiger partial charge in [0.1, 0.15) is 0 Å². The molecule has 0 spiro atoms. The van der Waals surface area contributed by atoms with E-state index in [2.05, 4.69) is 5.16 Å². The zero-order chi connectivity index (χ0) is 18.8. The van der Waals surface area contributed by atoms with E-state index >= 15 is 0 Å². The molecule has 8 heteroatoms. The van der Waals surface area contributed by atoms with E-state index in [0.717, 1.165) is 4.88 Å². The van der Waals surface area contributed by atoms with E-state index < -0.39 is 11.8 Å². The maximum absolute atomic E-state index is 13.6. The second kappa shape index (κ2) is 7.17. The van der Waals surface area contributed by atoms with Crippen molar-refractivity contribution in [3.63, 3.8) is 0 Å². The highest BCUT2D eigenvalue weighted by Crippen LogP contribution is 2.34. The zero-order valence-electron chi connectivity index (χ0n) is 14.4. The maximum atomic E-state index is 13.6. The molecule has 2 heterocycles. The van der Waals surface area contributed by atoms with Crippen LogP contribution in [0.2, 0.25) is 0 Å². The van der Waals surface area contributed by atoms with E-state index in [9.17, 15) is 14.3 Å². The van der Waals surface area contributed by atoms with E-state index in [1.807, 2.05) is 19.1 Å². The van der Waals surface area contributed by atoms with Gasteiger partial charge in [-0.2, -0.15) is 0 Å². The first-order chi connectivity index (χ1) is 12.4. The van der Waals surface area contributed by atoms with Gasteiger partial charge in [0.2, 0.25) is 0 Å². The lowest BCUT2D eigenvalue weighted by Gasteiger charge is -2.15. The number of aromatic carboxylic acids is 1. The predicted molar refractivity (Wildman–Crippen MR) is 96.6 cm³/mol. The summed E-state index contributed by atoms with van der Waals surface area (Å²) >= 11 is 1.63. The van der Waals surface area contributed by atoms with Crippen molar-refractivity contribution in [2.45, 2.75) is 13.5 Å². The number of thiophene rings is 1. The Labute approximate surface area is 153 Å². The lowest BCUT2D eigenvalue weighted by Crippen LogP contribution is -2.18. The Morgan fingerprint density at radius 2 is 2.15 bits per heavy atom. The standard InChI is InChI=1S/C18H17FN2O4S/c1-10-4-6-12(26-10)9-21(2)17-15(18(22)23)16(25-20-17)11-5-7-13(19)14(8-11)24-3/h4-8H,9H2,1-3H3,(H,22,23). The third kappa shape index (κ3) is 3.41. The predicted octanol–water partition coefficient (Wildman–Crippen LogP) is 4.19. The molecule has 0 aliphatic carbocycles. The summed E-state index contributed by atoms with van der Waals surface area (Å²) in [6, 6.07) is 8.00. The first kappa shape index (κ1) is 17.9. The van der Waals surface area contributed by atoms with E-state index in [0.29, 0.717) is 12.1 Å². The molecular weight excluding hydrogens is 359 g/mol. The fraction of sp³-hybridized carbons (Fsp3) is 0.222. The number of methoxy groups -OCH3 is 1. The van der Waals surface area contributed by atoms with E-state index in [1.165, 1.54) is 30.2 Å². The van der Waals surface area contributed by atoms with Crippen LogP contribution in [0.3, 0.4) is 0 Å². The zero-order valence-corrected chi connectivity index (χ0v) is 15.3. The van der Waals surface area contributed by atoms with E-state index in [4.69, 9.17) is 9.26 Å². The first-order valence-corrected chi connectivity index (χ1v) is 8.55. The quantitative estimate of drug-likeness (QED) is 0.695. The third-order valence-corrected chi connectivity index (χ3v) is 4.84. The molecular formula is C18H17FN2O4S. The molecule has 0 aliphatic rings. The van der Waals surface area contributed by atoms with Crippen LogP contribution in [0.15, 0.2) is 34.9 Å². The summed E-state index contributed by atoms with van der Waals surface area (Å²) in [6.07, 6.45) is 0. The normalized spacial score (nSPS) is 10.8. The third-order valence-electron chi connectivity index (χ3n) is 3.85. The highest BCUT2D eigenvalue weighted by molar-refractivity contribution is 7.11. The number of anilines is 1. The highest BCUT2D eigenvalue weighted by atomic mass is 32.1. The van der Waals surface area contributed by atoms with Gasteiger partial charge in [0.05, 0.1) is 13.7 Å². The monoisotopic (exact) mass is 376 g/mol. The molecule has 0 saturated carbocycles. The van der Waals surface area contributed by atoms with Gasteiger partial charge in [-0.05, 0) is 37.3 Å². The van der Waals surface area contributed by atoms with Crippen molar-refractivity contribution in [2.75, 3.05) is 19.1 Å². The lowest BCUT2D eigenvalue weighted by atomic mass is 10.1. The van der Waals surface area contributed by atoms with Crippen molar-refractivity contribution >= 4 is 23.1 Å². The topological polar surface area (TPSA) is 75.8 Å². The molecule has 1 N–H and O–H groups in total. The molecule has 3 rings (SSSR count). The molecule has 0 fully saturated rings. The van der Waals surface area contributed by atoms with Gasteiger partial charge < -0.3 is 19.3 Å². The number of halogens is 1. The molecule has 0 unspecified atom stereocenters. The summed E-state index contributed by atoms with van der Waals surface area (Å²) in [5, 5.41) is 13.6. The molecule has 136 valence electrons. The molecule has 6 nitrogen and oxygen atoms in total. The van der Waals surface area contributed by atoms with E-state index in [-0.39, 0.29) is 22.9 Å². The first-order valence-electron chi connectivity index (χ1n) is 7.74. The van der Waals surface area contributed by atoms with Gasteiger partial charge in [0.25, 0.3) is 0 Å². The van der Waals surface area contributed by atoms with Crippen LogP contribution in [0, 0.1) is 12.7 Å². The number of benzene rings is 1. The van der Waals surface area contributed by atoms with Crippen molar-refractivity contribution in [3.05, 3.63) is 51.5 Å². The minimum atomic E-state index is -1.17. The van der Waals surface area contributed by atoms with Crippen LogP contribution in [0.5, 0.6) is 5.75 Å². The average molecular weight is 376 g/mol. The number of hydrogen-bond donors (Lipinski definition) is 1. The molecule has 2 aromatic heterocycles. The number of rotatable bonds is 6. The highest BCUT2D eigenvalue weighted by Gasteiger charge is 2.27. The largest absolute Gasteiger partial charge is 0.494 e. The van der Waals surface area contributed by atoms with Crippen molar-refractivity contribution in [2.24, 2.45) is 0 Å². The number of carboxylic acids is 1. The Balaban J connectivity index is 1.99. The summed E-state index contributed by atoms with van der Waals surface area (Å²) < 4.78 is 23.9. The Bertz CT molecular complexity index is 951. The van der Waals surface area contributed by atoms with Gasteiger partial charge >= 0.3 is 5.97 Å². The molecule has 0 amide bonds. The lowest BCUT2D eigenvalue weighted by molar-refractivity contribution is 0.0698. The number of carboxylic acid groups (broad SMARTS) is 1. The molecule has 0 bridgehead atoms. The number of ether oxygens (including phenoxy) is 1. The molecule has 0 radical (unpaired) electrons. The van der Waals surface area contributed by atoms with Crippen LogP contribution < -0.4 is 9.64 Å². The molecule has 1 aromatic carbocycles. The van der Waals surface area contributed by atoms with Crippen molar-refractivity contribution in [1.82, 2.24) is 5.16 Å². The van der Waals surface area contributed by atoms with Crippen molar-refractivity contribution in [3.8, 4) is 17.1 Å². The number of carbonyl (C=O) groups is 1. The summed E-state index contributed by atoms with van der Waals surface area (Å²) in [5.41, 5.74) is 0.300. The van der Waals surface area contributed by atoms with Gasteiger partial charge in [0.15, 0.2) is 28.7 Å². The van der Waals surface area contributed by atoms with Crippen LogP contribution in [0.4, 0.5) is 10.2 Å². The van der Waals surface area contributed by atoms with Crippen LogP contribution >= 0.6 is 11.3 Å². The molecule has 0 atom stereocenters. The van der Waals surface area contributed by atoms with Crippen LogP contribution in [0.1, 0.15) is 20.1 Å². The van der Waals surface area contributed by atoms with E-state index in [1.54, 1.807) is 23.3 Å². The Hall–Kier alpha value is -2.87. The number of aryl methyl sites for hydroxylation is 1. The minimum Gasteiger partial charge on any atom is -0.494 e. The summed E-state index contributed by atoms with van der Waals surface area (Å²) in [6.45, 7) is 2.50. The van der Waals surface area contributed by atoms with Crippen LogP contribution in [-0.2, 0) is 6.54 Å². The number of aromatic nitrogens is 1. The number of hydrogen-bond acceptors (Lipinski definition) is 6. The van der Waals surface area contributed by atoms with Gasteiger partial charge in [-0.25, -0.2) is 9.18 Å². The summed E-state index contributed by atoms with van der Waals surface area (Å²) in [4.78, 5) is 15.8. The van der Waals surface area contributed by atoms with Crippen molar-refractivity contribution < 1.29 is 23.6 Å². The molecule has 26 heavy (non-hydrogen) atoms. The Morgan fingerprint density at radius 3 is 2.77 bits per heavy atom. The molecule has 0 saturated heterocycles. The SMILES string of the molecule is COc1cc(-c2onc(N(C)Cc3ccc(C)s3)c2C(=O)O)ccc1F. The van der Waals surface area contributed by atoms with Gasteiger partial charge in [-0.3, -0.25) is 0 Å². The smallest absolute Gasteiger partial charge is 0.343 e. The maximum Gasteiger partial charge on any atom is 0.343 e. The fourth-order valence-electron chi connectivity index (χ4n) is 2.61. The Morgan fingerprint density at radius 1 is 1.38 bits per heavy atom. The molecule has 3 aromatic rings. The van der Waals surface area contributed by atoms with Gasteiger partial charge in [0, 0.05) is 22.4 Å². The second-order valence-corrected chi connectivity index (χ2v) is 7.11. The summed E-state index contributed by atoms with van der Waals surface area (Å²) in [5.74, 6) is -1.45. The average Bonchev–Trinajstić information content (AvgIpc) is 3.21. The van der Waals surface area contributed by atoms with Crippen LogP contribution in [0.25, 0.3) is 11.3 Å². The number of nitrogens with zero attached hydrogens (tertiary/aromatic N) is 2. The van der Waals surface area contributed by atoms with Crippen molar-refractivity contribution in [1.29, 1.82) is 0 Å². The minimum absolute atomic E-state index is 0.000737. The second-order valence-electron chi connectivity index (χ2n) is 5.73.